The van der Waals surface area contributed by atoms with E-state index in [1.807, 2.05) is 80.6 Å². The van der Waals surface area contributed by atoms with Crippen molar-refractivity contribution in [2.24, 2.45) is 0 Å². The minimum atomic E-state index is -3.79. The molecule has 1 N–H and O–H groups in total. The molecule has 7 nitrogen and oxygen atoms in total. The summed E-state index contributed by atoms with van der Waals surface area (Å²) in [6.45, 7) is 3.58. The molecule has 0 saturated heterocycles. The van der Waals surface area contributed by atoms with Gasteiger partial charge in [0.1, 0.15) is 12.6 Å². The molecule has 1 aliphatic rings. The van der Waals surface area contributed by atoms with Crippen molar-refractivity contribution in [3.8, 4) is 0 Å². The number of anilines is 1. The smallest absolute Gasteiger partial charge is 0.244 e. The van der Waals surface area contributed by atoms with Crippen LogP contribution in [-0.4, -0.2) is 50.0 Å². The molecular weight excluding hydrogens is 522 g/mol. The first kappa shape index (κ1) is 29.3. The Morgan fingerprint density at radius 3 is 2.12 bits per heavy atom. The Morgan fingerprint density at radius 2 is 1.50 bits per heavy atom. The number of amides is 2. The van der Waals surface area contributed by atoms with Crippen LogP contribution in [0.2, 0.25) is 0 Å². The lowest BCUT2D eigenvalue weighted by Gasteiger charge is -2.34. The molecule has 1 aliphatic carbocycles. The summed E-state index contributed by atoms with van der Waals surface area (Å²) in [5, 5.41) is 3.19. The van der Waals surface area contributed by atoms with Gasteiger partial charge in [-0.05, 0) is 49.4 Å². The van der Waals surface area contributed by atoms with Crippen LogP contribution in [0.5, 0.6) is 0 Å². The Bertz CT molecular complexity index is 1400. The lowest BCUT2D eigenvalue weighted by Crippen LogP contribution is -2.54. The van der Waals surface area contributed by atoms with Crippen LogP contribution in [0.15, 0.2) is 78.9 Å². The second-order valence-electron chi connectivity index (χ2n) is 10.8. The standard InChI is InChI=1S/C32H39N3O4S/c1-24-17-19-27(20-18-24)22-34(31(36)23-35(40(3,38)39)29-16-10-7-11-25(29)2)30(21-26-12-5-4-6-13-26)32(37)33-28-14-8-9-15-28/h4-7,10-13,16-20,28,30H,8-9,14-15,21-23H2,1-3H3,(H,33,37). The zero-order valence-corrected chi connectivity index (χ0v) is 24.4. The van der Waals surface area contributed by atoms with Crippen LogP contribution in [0.4, 0.5) is 5.69 Å². The third kappa shape index (κ3) is 7.72. The second-order valence-corrected chi connectivity index (χ2v) is 12.7. The van der Waals surface area contributed by atoms with Crippen LogP contribution in [-0.2, 0) is 32.6 Å². The zero-order valence-electron chi connectivity index (χ0n) is 23.5. The molecule has 40 heavy (non-hydrogen) atoms. The average molecular weight is 562 g/mol. The lowest BCUT2D eigenvalue weighted by atomic mass is 10.0. The van der Waals surface area contributed by atoms with Crippen LogP contribution < -0.4 is 9.62 Å². The van der Waals surface area contributed by atoms with E-state index in [2.05, 4.69) is 5.32 Å². The van der Waals surface area contributed by atoms with Crippen LogP contribution in [0.25, 0.3) is 0 Å². The first-order valence-corrected chi connectivity index (χ1v) is 15.7. The number of nitrogens with one attached hydrogen (secondary N) is 1. The molecule has 3 aromatic rings. The van der Waals surface area contributed by atoms with Gasteiger partial charge in [0.15, 0.2) is 0 Å². The van der Waals surface area contributed by atoms with Crippen molar-refractivity contribution in [1.29, 1.82) is 0 Å². The summed E-state index contributed by atoms with van der Waals surface area (Å²) in [6.07, 6.45) is 5.40. The number of aryl methyl sites for hydroxylation is 2. The summed E-state index contributed by atoms with van der Waals surface area (Å²) in [4.78, 5) is 29.6. The molecule has 8 heteroatoms. The van der Waals surface area contributed by atoms with E-state index in [9.17, 15) is 18.0 Å². The molecule has 2 amide bonds. The number of hydrogen-bond donors (Lipinski definition) is 1. The van der Waals surface area contributed by atoms with Crippen LogP contribution in [0.3, 0.4) is 0 Å². The molecule has 0 aliphatic heterocycles. The number of carbonyl (C=O) groups is 2. The van der Waals surface area contributed by atoms with E-state index in [4.69, 9.17) is 0 Å². The van der Waals surface area contributed by atoms with Gasteiger partial charge in [-0.3, -0.25) is 13.9 Å². The number of para-hydroxylation sites is 1. The molecule has 0 heterocycles. The lowest BCUT2D eigenvalue weighted by molar-refractivity contribution is -0.140. The van der Waals surface area contributed by atoms with Gasteiger partial charge in [-0.2, -0.15) is 0 Å². The van der Waals surface area contributed by atoms with E-state index in [0.29, 0.717) is 12.1 Å². The van der Waals surface area contributed by atoms with E-state index in [1.54, 1.807) is 17.0 Å². The van der Waals surface area contributed by atoms with E-state index in [1.165, 1.54) is 0 Å². The summed E-state index contributed by atoms with van der Waals surface area (Å²) in [5.41, 5.74) is 4.07. The molecule has 1 atom stereocenters. The fourth-order valence-electron chi connectivity index (χ4n) is 5.25. The predicted molar refractivity (Wildman–Crippen MR) is 159 cm³/mol. The molecular formula is C32H39N3O4S. The number of nitrogens with zero attached hydrogens (tertiary/aromatic N) is 2. The van der Waals surface area contributed by atoms with Crippen LogP contribution in [0, 0.1) is 13.8 Å². The van der Waals surface area contributed by atoms with Gasteiger partial charge >= 0.3 is 0 Å². The number of benzene rings is 3. The minimum Gasteiger partial charge on any atom is -0.352 e. The van der Waals surface area contributed by atoms with Gasteiger partial charge in [0.2, 0.25) is 21.8 Å². The zero-order chi connectivity index (χ0) is 28.7. The quantitative estimate of drug-likeness (QED) is 0.366. The fourth-order valence-corrected chi connectivity index (χ4v) is 6.16. The Balaban J connectivity index is 1.72. The Labute approximate surface area is 238 Å². The highest BCUT2D eigenvalue weighted by Gasteiger charge is 2.34. The van der Waals surface area contributed by atoms with Crippen molar-refractivity contribution < 1.29 is 18.0 Å². The van der Waals surface area contributed by atoms with Gasteiger partial charge in [0.25, 0.3) is 0 Å². The summed E-state index contributed by atoms with van der Waals surface area (Å²) < 4.78 is 27.0. The third-order valence-electron chi connectivity index (χ3n) is 7.51. The topological polar surface area (TPSA) is 86.8 Å². The highest BCUT2D eigenvalue weighted by Crippen LogP contribution is 2.24. The third-order valence-corrected chi connectivity index (χ3v) is 8.64. The van der Waals surface area contributed by atoms with Crippen molar-refractivity contribution in [2.45, 2.75) is 64.6 Å². The molecule has 212 valence electrons. The normalized spacial score (nSPS) is 14.5. The maximum absolute atomic E-state index is 14.2. The first-order valence-electron chi connectivity index (χ1n) is 13.8. The largest absolute Gasteiger partial charge is 0.352 e. The summed E-state index contributed by atoms with van der Waals surface area (Å²) >= 11 is 0. The van der Waals surface area contributed by atoms with Crippen molar-refractivity contribution >= 4 is 27.5 Å². The summed E-state index contributed by atoms with van der Waals surface area (Å²) in [7, 11) is -3.79. The van der Waals surface area contributed by atoms with Gasteiger partial charge in [-0.25, -0.2) is 8.42 Å². The maximum Gasteiger partial charge on any atom is 0.244 e. The van der Waals surface area contributed by atoms with Crippen molar-refractivity contribution in [3.63, 3.8) is 0 Å². The molecule has 0 bridgehead atoms. The van der Waals surface area contributed by atoms with Gasteiger partial charge in [0.05, 0.1) is 11.9 Å². The Hall–Kier alpha value is -3.65. The molecule has 0 radical (unpaired) electrons. The molecule has 0 spiro atoms. The van der Waals surface area contributed by atoms with Crippen LogP contribution >= 0.6 is 0 Å². The molecule has 3 aromatic carbocycles. The number of sulfonamides is 1. The second kappa shape index (κ2) is 13.1. The number of carbonyl (C=O) groups excluding carboxylic acids is 2. The average Bonchev–Trinajstić information content (AvgIpc) is 3.43. The molecule has 1 unspecified atom stereocenters. The molecule has 1 fully saturated rings. The fraction of sp³-hybridized carbons (Fsp3) is 0.375. The van der Waals surface area contributed by atoms with E-state index in [-0.39, 0.29) is 18.5 Å². The van der Waals surface area contributed by atoms with Gasteiger partial charge in [-0.1, -0.05) is 91.2 Å². The molecule has 4 rings (SSSR count). The highest BCUT2D eigenvalue weighted by atomic mass is 32.2. The number of hydrogen-bond acceptors (Lipinski definition) is 4. The van der Waals surface area contributed by atoms with Gasteiger partial charge in [0, 0.05) is 19.0 Å². The number of rotatable bonds is 11. The summed E-state index contributed by atoms with van der Waals surface area (Å²) in [6, 6.07) is 23.8. The van der Waals surface area contributed by atoms with Gasteiger partial charge in [-0.15, -0.1) is 0 Å². The first-order chi connectivity index (χ1) is 19.1. The summed E-state index contributed by atoms with van der Waals surface area (Å²) in [5.74, 6) is -0.644. The molecule has 0 aromatic heterocycles. The van der Waals surface area contributed by atoms with Crippen LogP contribution in [0.1, 0.15) is 47.9 Å². The van der Waals surface area contributed by atoms with E-state index < -0.39 is 28.5 Å². The van der Waals surface area contributed by atoms with Gasteiger partial charge < -0.3 is 10.2 Å². The minimum absolute atomic E-state index is 0.0848. The SMILES string of the molecule is Cc1ccc(CN(C(=O)CN(c2ccccc2C)S(C)(=O)=O)C(Cc2ccccc2)C(=O)NC2CCCC2)cc1. The van der Waals surface area contributed by atoms with Crippen molar-refractivity contribution in [3.05, 3.63) is 101 Å². The van der Waals surface area contributed by atoms with E-state index >= 15 is 0 Å². The predicted octanol–water partition coefficient (Wildman–Crippen LogP) is 4.77. The monoisotopic (exact) mass is 561 g/mol. The van der Waals surface area contributed by atoms with Crippen molar-refractivity contribution in [2.75, 3.05) is 17.1 Å². The Kier molecular flexibility index (Phi) is 9.63. The Morgan fingerprint density at radius 1 is 0.875 bits per heavy atom. The van der Waals surface area contributed by atoms with E-state index in [0.717, 1.165) is 58.5 Å². The molecule has 1 saturated carbocycles. The van der Waals surface area contributed by atoms with Crippen molar-refractivity contribution in [1.82, 2.24) is 10.2 Å². The maximum atomic E-state index is 14.2. The highest BCUT2D eigenvalue weighted by molar-refractivity contribution is 7.92.